The number of rotatable bonds is 32. The van der Waals surface area contributed by atoms with Gasteiger partial charge in [-0.2, -0.15) is 0 Å². The second-order valence-electron chi connectivity index (χ2n) is 7.17. The molecule has 0 spiro atoms. The Balaban J connectivity index is 3.00. The predicted molar refractivity (Wildman–Crippen MR) is 142 cm³/mol. The van der Waals surface area contributed by atoms with E-state index in [1.165, 1.54) is 0 Å². The van der Waals surface area contributed by atoms with Gasteiger partial charge in [-0.1, -0.05) is 35.9 Å². The molecule has 0 saturated carbocycles. The van der Waals surface area contributed by atoms with Crippen LogP contribution in [0.5, 0.6) is 0 Å². The van der Waals surface area contributed by atoms with Gasteiger partial charge in [0, 0.05) is 11.0 Å². The fourth-order valence-electron chi connectivity index (χ4n) is 2.38. The van der Waals surface area contributed by atoms with Crippen LogP contribution in [0, 0.1) is 0 Å². The van der Waals surface area contributed by atoms with Crippen LogP contribution in [0.3, 0.4) is 0 Å². The lowest BCUT2D eigenvalue weighted by Gasteiger charge is -2.09. The first-order valence-electron chi connectivity index (χ1n) is 12.7. The highest BCUT2D eigenvalue weighted by Crippen LogP contribution is 1.89. The molecule has 0 fully saturated rings. The molecule has 35 heavy (non-hydrogen) atoms. The van der Waals surface area contributed by atoms with E-state index in [4.69, 9.17) is 47.4 Å². The van der Waals surface area contributed by atoms with Crippen LogP contribution in [0.1, 0.15) is 19.8 Å². The number of alkyl halides is 1. The van der Waals surface area contributed by atoms with Crippen molar-refractivity contribution in [2.24, 2.45) is 0 Å². The molecule has 0 aromatic carbocycles. The first kappa shape index (κ1) is 35.3. The third kappa shape index (κ3) is 34.3. The topological polar surface area (TPSA) is 92.3 Å². The molecule has 0 radical (unpaired) electrons. The molecule has 0 aliphatic rings. The quantitative estimate of drug-likeness (QED) is 0.0632. The third-order valence-electron chi connectivity index (χ3n) is 4.21. The van der Waals surface area contributed by atoms with Gasteiger partial charge in [0.2, 0.25) is 0 Å². The monoisotopic (exact) mass is 624 g/mol. The average molecular weight is 625 g/mol. The van der Waals surface area contributed by atoms with E-state index in [0.29, 0.717) is 119 Å². The lowest BCUT2D eigenvalue weighted by Crippen LogP contribution is -2.15. The summed E-state index contributed by atoms with van der Waals surface area (Å²) in [6, 6.07) is 0. The third-order valence-corrected chi connectivity index (χ3v) is 4.65. The Hall–Kier alpha value is 0.330. The van der Waals surface area contributed by atoms with E-state index in [2.05, 4.69) is 29.5 Å². The normalized spacial score (nSPS) is 11.5. The van der Waals surface area contributed by atoms with Gasteiger partial charge in [0.25, 0.3) is 0 Å². The van der Waals surface area contributed by atoms with Crippen LogP contribution in [-0.4, -0.2) is 137 Å². The number of unbranched alkanes of at least 4 members (excludes halogenated alkanes) is 1. The largest absolute Gasteiger partial charge is 0.379 e. The molecular formula is C24H49IO10. The van der Waals surface area contributed by atoms with E-state index in [9.17, 15) is 0 Å². The Kier molecular flexibility index (Phi) is 34.7. The second-order valence-corrected chi connectivity index (χ2v) is 8.25. The van der Waals surface area contributed by atoms with Crippen molar-refractivity contribution < 1.29 is 47.4 Å². The molecule has 0 unspecified atom stereocenters. The van der Waals surface area contributed by atoms with Crippen molar-refractivity contribution >= 4 is 22.6 Å². The van der Waals surface area contributed by atoms with Crippen LogP contribution in [0.4, 0.5) is 0 Å². The first-order valence-corrected chi connectivity index (χ1v) is 14.3. The van der Waals surface area contributed by atoms with Crippen molar-refractivity contribution in [1.29, 1.82) is 0 Å². The zero-order chi connectivity index (χ0) is 25.3. The molecule has 212 valence electrons. The number of ether oxygens (including phenoxy) is 10. The molecule has 0 aromatic rings. The molecule has 0 aliphatic heterocycles. The van der Waals surface area contributed by atoms with Gasteiger partial charge in [0.05, 0.1) is 126 Å². The van der Waals surface area contributed by atoms with E-state index < -0.39 is 0 Å². The van der Waals surface area contributed by atoms with Crippen LogP contribution in [0.15, 0.2) is 0 Å². The molecule has 0 rings (SSSR count). The van der Waals surface area contributed by atoms with Crippen LogP contribution >= 0.6 is 22.6 Å². The highest BCUT2D eigenvalue weighted by Gasteiger charge is 1.95. The molecule has 0 atom stereocenters. The predicted octanol–water partition coefficient (Wildman–Crippen LogP) is 2.39. The maximum absolute atomic E-state index is 5.46. The van der Waals surface area contributed by atoms with Crippen LogP contribution in [0.2, 0.25) is 0 Å². The van der Waals surface area contributed by atoms with Gasteiger partial charge < -0.3 is 47.4 Å². The van der Waals surface area contributed by atoms with Gasteiger partial charge in [-0.3, -0.25) is 0 Å². The summed E-state index contributed by atoms with van der Waals surface area (Å²) >= 11 is 2.28. The van der Waals surface area contributed by atoms with E-state index in [0.717, 1.165) is 30.5 Å². The van der Waals surface area contributed by atoms with E-state index in [1.807, 2.05) is 0 Å². The molecule has 0 amide bonds. The number of halogens is 1. The summed E-state index contributed by atoms with van der Waals surface area (Å²) in [4.78, 5) is 0. The van der Waals surface area contributed by atoms with E-state index in [1.54, 1.807) is 0 Å². The molecule has 11 heteroatoms. The van der Waals surface area contributed by atoms with Crippen molar-refractivity contribution in [2.75, 3.05) is 137 Å². The molecule has 0 aromatic heterocycles. The van der Waals surface area contributed by atoms with Gasteiger partial charge in [0.15, 0.2) is 0 Å². The second kappa shape index (κ2) is 34.3. The average Bonchev–Trinajstić information content (AvgIpc) is 2.87. The van der Waals surface area contributed by atoms with Gasteiger partial charge in [-0.15, -0.1) is 0 Å². The van der Waals surface area contributed by atoms with Crippen molar-refractivity contribution in [1.82, 2.24) is 0 Å². The Morgan fingerprint density at radius 2 is 0.514 bits per heavy atom. The minimum atomic E-state index is 0.533. The minimum absolute atomic E-state index is 0.533. The van der Waals surface area contributed by atoms with Gasteiger partial charge >= 0.3 is 0 Å². The molecule has 0 heterocycles. The first-order chi connectivity index (χ1) is 17.4. The highest BCUT2D eigenvalue weighted by atomic mass is 127. The maximum Gasteiger partial charge on any atom is 0.0701 e. The van der Waals surface area contributed by atoms with E-state index in [-0.39, 0.29) is 0 Å². The minimum Gasteiger partial charge on any atom is -0.379 e. The van der Waals surface area contributed by atoms with Gasteiger partial charge in [-0.05, 0) is 6.42 Å². The smallest absolute Gasteiger partial charge is 0.0701 e. The lowest BCUT2D eigenvalue weighted by atomic mass is 10.4. The fraction of sp³-hybridized carbons (Fsp3) is 1.00. The molecule has 0 N–H and O–H groups in total. The standard InChI is InChI=1S/C24H49IO10/c1-2-3-5-26-7-9-28-11-13-30-15-17-32-19-21-34-23-24-35-22-20-33-18-16-31-14-12-29-10-8-27-6-4-25/h2-24H2,1H3. The Morgan fingerprint density at radius 1 is 0.314 bits per heavy atom. The summed E-state index contributed by atoms with van der Waals surface area (Å²) in [6.07, 6.45) is 2.25. The van der Waals surface area contributed by atoms with Crippen molar-refractivity contribution in [3.05, 3.63) is 0 Å². The molecule has 0 saturated heterocycles. The molecule has 0 bridgehead atoms. The molecule has 10 nitrogen and oxygen atoms in total. The Labute approximate surface area is 226 Å². The van der Waals surface area contributed by atoms with E-state index >= 15 is 0 Å². The van der Waals surface area contributed by atoms with Crippen LogP contribution in [0.25, 0.3) is 0 Å². The summed E-state index contributed by atoms with van der Waals surface area (Å²) in [5.74, 6) is 0. The zero-order valence-corrected chi connectivity index (χ0v) is 23.9. The summed E-state index contributed by atoms with van der Waals surface area (Å²) in [6.45, 7) is 13.9. The number of hydrogen-bond donors (Lipinski definition) is 0. The van der Waals surface area contributed by atoms with Crippen molar-refractivity contribution in [3.8, 4) is 0 Å². The van der Waals surface area contributed by atoms with Gasteiger partial charge in [0.1, 0.15) is 0 Å². The molecular weight excluding hydrogens is 575 g/mol. The summed E-state index contributed by atoms with van der Waals surface area (Å²) in [7, 11) is 0. The Bertz CT molecular complexity index is 337. The summed E-state index contributed by atoms with van der Waals surface area (Å²) < 4.78 is 55.2. The lowest BCUT2D eigenvalue weighted by molar-refractivity contribution is -0.0262. The molecule has 0 aliphatic carbocycles. The fourth-order valence-corrected chi connectivity index (χ4v) is 2.69. The SMILES string of the molecule is CCCCOCCOCCOCCOCCOCCOCCOCCOCCOCCOCCI. The van der Waals surface area contributed by atoms with Crippen molar-refractivity contribution in [2.45, 2.75) is 19.8 Å². The summed E-state index contributed by atoms with van der Waals surface area (Å²) in [5, 5.41) is 0. The summed E-state index contributed by atoms with van der Waals surface area (Å²) in [5.41, 5.74) is 0. The maximum atomic E-state index is 5.46. The zero-order valence-electron chi connectivity index (χ0n) is 21.7. The van der Waals surface area contributed by atoms with Crippen molar-refractivity contribution in [3.63, 3.8) is 0 Å². The van der Waals surface area contributed by atoms with Crippen LogP contribution < -0.4 is 0 Å². The highest BCUT2D eigenvalue weighted by molar-refractivity contribution is 14.1. The van der Waals surface area contributed by atoms with Gasteiger partial charge in [-0.25, -0.2) is 0 Å². The van der Waals surface area contributed by atoms with Crippen LogP contribution in [-0.2, 0) is 47.4 Å². The number of hydrogen-bond acceptors (Lipinski definition) is 10. The Morgan fingerprint density at radius 3 is 0.714 bits per heavy atom.